The Labute approximate surface area is 122 Å². The predicted octanol–water partition coefficient (Wildman–Crippen LogP) is 2.59. The van der Waals surface area contributed by atoms with Gasteiger partial charge in [0, 0.05) is 18.6 Å². The van der Waals surface area contributed by atoms with E-state index in [0.717, 1.165) is 0 Å². The third-order valence-electron chi connectivity index (χ3n) is 3.24. The summed E-state index contributed by atoms with van der Waals surface area (Å²) in [6.45, 7) is 5.04. The molecule has 0 heterocycles. The van der Waals surface area contributed by atoms with Crippen molar-refractivity contribution in [2.24, 2.45) is 11.3 Å². The Bertz CT molecular complexity index is 389. The third-order valence-corrected chi connectivity index (χ3v) is 3.24. The number of hydrogen-bond acceptors (Lipinski definition) is 2. The van der Waals surface area contributed by atoms with Crippen molar-refractivity contribution in [2.75, 3.05) is 6.61 Å². The molecule has 1 aliphatic rings. The second kappa shape index (κ2) is 6.68. The molecule has 3 N–H and O–H groups in total. The Kier molecular flexibility index (Phi) is 5.67. The zero-order chi connectivity index (χ0) is 16.3. The third kappa shape index (κ3) is 6.37. The number of nitrogens with one attached hydrogen (secondary N) is 2. The second-order valence-corrected chi connectivity index (χ2v) is 6.65. The summed E-state index contributed by atoms with van der Waals surface area (Å²) in [5.74, 6) is -0.0525. The molecule has 1 aliphatic carbocycles. The minimum Gasteiger partial charge on any atom is -0.396 e. The van der Waals surface area contributed by atoms with Crippen LogP contribution in [0.25, 0.3) is 0 Å². The van der Waals surface area contributed by atoms with Gasteiger partial charge in [0.05, 0.1) is 0 Å². The molecule has 0 saturated carbocycles. The minimum absolute atomic E-state index is 0.0362. The number of hydrogen-bond donors (Lipinski definition) is 3. The van der Waals surface area contributed by atoms with Crippen molar-refractivity contribution in [2.45, 2.75) is 51.9 Å². The van der Waals surface area contributed by atoms with Crippen LogP contribution >= 0.6 is 0 Å². The van der Waals surface area contributed by atoms with Crippen molar-refractivity contribution >= 4 is 6.03 Å². The first kappa shape index (κ1) is 17.8. The average Bonchev–Trinajstić information content (AvgIpc) is 2.72. The van der Waals surface area contributed by atoms with Crippen LogP contribution in [-0.4, -0.2) is 36.0 Å². The normalized spacial score (nSPS) is 24.0. The minimum atomic E-state index is -4.48. The second-order valence-electron chi connectivity index (χ2n) is 6.65. The number of carbonyl (C=O) groups is 1. The van der Waals surface area contributed by atoms with Gasteiger partial charge >= 0.3 is 12.2 Å². The van der Waals surface area contributed by atoms with Crippen LogP contribution in [0.15, 0.2) is 12.2 Å². The van der Waals surface area contributed by atoms with Gasteiger partial charge in [-0.15, -0.1) is 0 Å². The fraction of sp³-hybridized carbons (Fsp3) is 0.786. The van der Waals surface area contributed by atoms with Gasteiger partial charge in [-0.3, -0.25) is 0 Å². The molecule has 1 rings (SSSR count). The summed E-state index contributed by atoms with van der Waals surface area (Å²) in [6, 6.07) is -3.06. The van der Waals surface area contributed by atoms with Crippen LogP contribution in [-0.2, 0) is 0 Å². The maximum Gasteiger partial charge on any atom is 0.408 e. The summed E-state index contributed by atoms with van der Waals surface area (Å²) >= 11 is 0. The molecular weight excluding hydrogens is 285 g/mol. The van der Waals surface area contributed by atoms with Crippen molar-refractivity contribution < 1.29 is 23.1 Å². The molecule has 0 aromatic carbocycles. The Morgan fingerprint density at radius 2 is 1.95 bits per heavy atom. The molecule has 0 aromatic heterocycles. The van der Waals surface area contributed by atoms with E-state index in [4.69, 9.17) is 5.11 Å². The topological polar surface area (TPSA) is 61.4 Å². The number of aliphatic hydroxyl groups excluding tert-OH is 1. The summed E-state index contributed by atoms with van der Waals surface area (Å²) in [6.07, 6.45) is -0.735. The zero-order valence-corrected chi connectivity index (χ0v) is 12.5. The molecule has 0 spiro atoms. The molecule has 3 atom stereocenters. The molecule has 0 radical (unpaired) electrons. The van der Waals surface area contributed by atoms with Gasteiger partial charge in [0.15, 0.2) is 0 Å². The molecule has 0 unspecified atom stereocenters. The van der Waals surface area contributed by atoms with Gasteiger partial charge in [-0.1, -0.05) is 32.9 Å². The highest BCUT2D eigenvalue weighted by Gasteiger charge is 2.42. The lowest BCUT2D eigenvalue weighted by atomic mass is 9.88. The molecule has 0 fully saturated rings. The van der Waals surface area contributed by atoms with Crippen LogP contribution in [0.3, 0.4) is 0 Å². The maximum atomic E-state index is 13.0. The molecule has 0 aromatic rings. The fourth-order valence-electron chi connectivity index (χ4n) is 2.25. The van der Waals surface area contributed by atoms with Crippen molar-refractivity contribution in [3.05, 3.63) is 12.2 Å². The molecule has 21 heavy (non-hydrogen) atoms. The zero-order valence-electron chi connectivity index (χ0n) is 12.5. The maximum absolute atomic E-state index is 13.0. The van der Waals surface area contributed by atoms with E-state index in [0.29, 0.717) is 6.42 Å². The van der Waals surface area contributed by atoms with Crippen LogP contribution in [0.4, 0.5) is 18.0 Å². The number of alkyl halides is 3. The summed E-state index contributed by atoms with van der Waals surface area (Å²) in [4.78, 5) is 11.7. The SMILES string of the molecule is CC(C)(C)C[C@H](NC(=O)N[C@@H]1C=C[C@H](CO)C1)C(F)(F)F. The van der Waals surface area contributed by atoms with E-state index in [1.165, 1.54) is 0 Å². The number of carbonyl (C=O) groups excluding carboxylic acids is 1. The average molecular weight is 308 g/mol. The van der Waals surface area contributed by atoms with E-state index < -0.39 is 23.7 Å². The van der Waals surface area contributed by atoms with Gasteiger partial charge in [0.25, 0.3) is 0 Å². The summed E-state index contributed by atoms with van der Waals surface area (Å²) in [5, 5.41) is 13.5. The van der Waals surface area contributed by atoms with Crippen molar-refractivity contribution in [1.29, 1.82) is 0 Å². The van der Waals surface area contributed by atoms with Gasteiger partial charge in [-0.25, -0.2) is 4.79 Å². The van der Waals surface area contributed by atoms with Gasteiger partial charge in [0.1, 0.15) is 6.04 Å². The lowest BCUT2D eigenvalue weighted by Crippen LogP contribution is -2.52. The van der Waals surface area contributed by atoms with E-state index in [1.54, 1.807) is 32.9 Å². The highest BCUT2D eigenvalue weighted by molar-refractivity contribution is 5.75. The predicted molar refractivity (Wildman–Crippen MR) is 73.7 cm³/mol. The van der Waals surface area contributed by atoms with E-state index in [9.17, 15) is 18.0 Å². The summed E-state index contributed by atoms with van der Waals surface area (Å²) in [5.41, 5.74) is -0.553. The molecule has 0 aliphatic heterocycles. The van der Waals surface area contributed by atoms with Crippen molar-refractivity contribution in [1.82, 2.24) is 10.6 Å². The number of aliphatic hydroxyl groups is 1. The van der Waals surface area contributed by atoms with Crippen molar-refractivity contribution in [3.63, 3.8) is 0 Å². The quantitative estimate of drug-likeness (QED) is 0.699. The monoisotopic (exact) mass is 308 g/mol. The summed E-state index contributed by atoms with van der Waals surface area (Å²) < 4.78 is 38.9. The van der Waals surface area contributed by atoms with Crippen LogP contribution in [0.2, 0.25) is 0 Å². The summed E-state index contributed by atoms with van der Waals surface area (Å²) in [7, 11) is 0. The largest absolute Gasteiger partial charge is 0.408 e. The first-order valence-corrected chi connectivity index (χ1v) is 6.94. The first-order valence-electron chi connectivity index (χ1n) is 6.94. The van der Waals surface area contributed by atoms with Crippen LogP contribution in [0.5, 0.6) is 0 Å². The Balaban J connectivity index is 2.55. The number of rotatable bonds is 4. The van der Waals surface area contributed by atoms with Crippen molar-refractivity contribution in [3.8, 4) is 0 Å². The van der Waals surface area contributed by atoms with Gasteiger partial charge < -0.3 is 15.7 Å². The van der Waals surface area contributed by atoms with Crippen LogP contribution in [0, 0.1) is 11.3 Å². The van der Waals surface area contributed by atoms with E-state index in [1.807, 2.05) is 5.32 Å². The lowest BCUT2D eigenvalue weighted by molar-refractivity contribution is -0.159. The van der Waals surface area contributed by atoms with Gasteiger partial charge in [-0.05, 0) is 18.3 Å². The van der Waals surface area contributed by atoms with Crippen LogP contribution in [0.1, 0.15) is 33.6 Å². The highest BCUT2D eigenvalue weighted by Crippen LogP contribution is 2.30. The van der Waals surface area contributed by atoms with E-state index in [-0.39, 0.29) is 25.0 Å². The first-order chi connectivity index (χ1) is 9.51. The fourth-order valence-corrected chi connectivity index (χ4v) is 2.25. The standard InChI is InChI=1S/C14H23F3N2O2/c1-13(2,3)7-11(14(15,16)17)19-12(21)18-10-5-4-9(6-10)8-20/h4-5,9-11,20H,6-8H2,1-3H3,(H2,18,19,21)/t9-,10+,11-/m0/s1. The molecular formula is C14H23F3N2O2. The number of amides is 2. The Morgan fingerprint density at radius 1 is 1.33 bits per heavy atom. The van der Waals surface area contributed by atoms with E-state index in [2.05, 4.69) is 5.32 Å². The molecule has 2 amide bonds. The molecule has 0 saturated heterocycles. The van der Waals surface area contributed by atoms with Gasteiger partial charge in [-0.2, -0.15) is 13.2 Å². The number of halogens is 3. The smallest absolute Gasteiger partial charge is 0.396 e. The van der Waals surface area contributed by atoms with Gasteiger partial charge in [0.2, 0.25) is 0 Å². The molecule has 0 bridgehead atoms. The molecule has 122 valence electrons. The Hall–Kier alpha value is -1.24. The molecule has 7 heteroatoms. The lowest BCUT2D eigenvalue weighted by Gasteiger charge is -2.29. The molecule has 4 nitrogen and oxygen atoms in total. The highest BCUT2D eigenvalue weighted by atomic mass is 19.4. The Morgan fingerprint density at radius 3 is 2.38 bits per heavy atom. The van der Waals surface area contributed by atoms with Crippen LogP contribution < -0.4 is 10.6 Å². The van der Waals surface area contributed by atoms with E-state index >= 15 is 0 Å². The number of urea groups is 1.